The van der Waals surface area contributed by atoms with Crippen molar-refractivity contribution in [2.75, 3.05) is 45.6 Å². The number of amides is 3. The van der Waals surface area contributed by atoms with Gasteiger partial charge in [-0.1, -0.05) is 6.92 Å². The Morgan fingerprint density at radius 1 is 1.28 bits per heavy atom. The molecule has 0 aliphatic carbocycles. The van der Waals surface area contributed by atoms with Crippen LogP contribution >= 0.6 is 0 Å². The Hall–Kier alpha value is -2.08. The van der Waals surface area contributed by atoms with Gasteiger partial charge in [0.25, 0.3) is 5.91 Å². The van der Waals surface area contributed by atoms with Crippen LogP contribution in [-0.2, 0) is 0 Å². The number of urea groups is 1. The SMILES string of the molecule is CCCNC(=O)c1ccc(NC(=O)N(C)C[C@@H]2CCCN(C)C2)cc1. The van der Waals surface area contributed by atoms with E-state index in [9.17, 15) is 9.59 Å². The molecule has 1 aromatic carbocycles. The van der Waals surface area contributed by atoms with Gasteiger partial charge >= 0.3 is 6.03 Å². The monoisotopic (exact) mass is 346 g/mol. The van der Waals surface area contributed by atoms with Crippen LogP contribution in [0.3, 0.4) is 0 Å². The van der Waals surface area contributed by atoms with Crippen molar-refractivity contribution in [2.45, 2.75) is 26.2 Å². The van der Waals surface area contributed by atoms with E-state index >= 15 is 0 Å². The summed E-state index contributed by atoms with van der Waals surface area (Å²) in [5.74, 6) is 0.442. The molecule has 2 rings (SSSR count). The maximum absolute atomic E-state index is 12.3. The van der Waals surface area contributed by atoms with E-state index in [1.54, 1.807) is 29.2 Å². The molecular weight excluding hydrogens is 316 g/mol. The summed E-state index contributed by atoms with van der Waals surface area (Å²) in [6, 6.07) is 6.88. The highest BCUT2D eigenvalue weighted by Gasteiger charge is 2.20. The molecule has 0 saturated carbocycles. The number of hydrogen-bond acceptors (Lipinski definition) is 3. The van der Waals surface area contributed by atoms with Gasteiger partial charge in [-0.25, -0.2) is 4.79 Å². The Balaban J connectivity index is 1.84. The van der Waals surface area contributed by atoms with Gasteiger partial charge in [-0.05, 0) is 63.0 Å². The summed E-state index contributed by atoms with van der Waals surface area (Å²) in [7, 11) is 3.96. The highest BCUT2D eigenvalue weighted by Crippen LogP contribution is 2.16. The molecule has 1 aliphatic rings. The fourth-order valence-electron chi connectivity index (χ4n) is 3.16. The molecule has 1 heterocycles. The quantitative estimate of drug-likeness (QED) is 0.832. The van der Waals surface area contributed by atoms with Gasteiger partial charge in [-0.2, -0.15) is 0 Å². The number of carbonyl (C=O) groups excluding carboxylic acids is 2. The van der Waals surface area contributed by atoms with Crippen molar-refractivity contribution in [3.63, 3.8) is 0 Å². The minimum Gasteiger partial charge on any atom is -0.352 e. The number of carbonyl (C=O) groups is 2. The summed E-state index contributed by atoms with van der Waals surface area (Å²) < 4.78 is 0. The molecular formula is C19H30N4O2. The first-order valence-corrected chi connectivity index (χ1v) is 9.08. The van der Waals surface area contributed by atoms with Gasteiger partial charge in [-0.3, -0.25) is 4.79 Å². The minimum atomic E-state index is -0.114. The van der Waals surface area contributed by atoms with E-state index in [-0.39, 0.29) is 11.9 Å². The number of nitrogens with one attached hydrogen (secondary N) is 2. The Labute approximate surface area is 150 Å². The average Bonchev–Trinajstić information content (AvgIpc) is 2.60. The molecule has 6 nitrogen and oxygen atoms in total. The molecule has 6 heteroatoms. The van der Waals surface area contributed by atoms with Crippen molar-refractivity contribution in [1.82, 2.24) is 15.1 Å². The third-order valence-electron chi connectivity index (χ3n) is 4.53. The van der Waals surface area contributed by atoms with Crippen molar-refractivity contribution >= 4 is 17.6 Å². The fourth-order valence-corrected chi connectivity index (χ4v) is 3.16. The van der Waals surface area contributed by atoms with Crippen molar-refractivity contribution < 1.29 is 9.59 Å². The zero-order valence-electron chi connectivity index (χ0n) is 15.5. The molecule has 0 bridgehead atoms. The summed E-state index contributed by atoms with van der Waals surface area (Å²) in [6.45, 7) is 5.62. The predicted octanol–water partition coefficient (Wildman–Crippen LogP) is 2.63. The first-order valence-electron chi connectivity index (χ1n) is 9.08. The van der Waals surface area contributed by atoms with Gasteiger partial charge in [-0.15, -0.1) is 0 Å². The van der Waals surface area contributed by atoms with Gasteiger partial charge in [0.15, 0.2) is 0 Å². The van der Waals surface area contributed by atoms with Crippen LogP contribution in [0.2, 0.25) is 0 Å². The van der Waals surface area contributed by atoms with Gasteiger partial charge in [0.1, 0.15) is 0 Å². The number of hydrogen-bond donors (Lipinski definition) is 2. The van der Waals surface area contributed by atoms with E-state index in [4.69, 9.17) is 0 Å². The zero-order chi connectivity index (χ0) is 18.2. The third-order valence-corrected chi connectivity index (χ3v) is 4.53. The second-order valence-corrected chi connectivity index (χ2v) is 6.91. The van der Waals surface area contributed by atoms with E-state index in [1.165, 1.54) is 12.8 Å². The van der Waals surface area contributed by atoms with E-state index in [2.05, 4.69) is 22.6 Å². The summed E-state index contributed by atoms with van der Waals surface area (Å²) in [6.07, 6.45) is 3.27. The molecule has 1 fully saturated rings. The molecule has 0 radical (unpaired) electrons. The average molecular weight is 346 g/mol. The van der Waals surface area contributed by atoms with Crippen molar-refractivity contribution in [3.8, 4) is 0 Å². The Bertz CT molecular complexity index is 573. The molecule has 2 N–H and O–H groups in total. The zero-order valence-corrected chi connectivity index (χ0v) is 15.5. The molecule has 25 heavy (non-hydrogen) atoms. The Morgan fingerprint density at radius 2 is 2.00 bits per heavy atom. The van der Waals surface area contributed by atoms with Crippen molar-refractivity contribution in [1.29, 1.82) is 0 Å². The minimum absolute atomic E-state index is 0.0849. The number of benzene rings is 1. The lowest BCUT2D eigenvalue weighted by Gasteiger charge is -2.32. The van der Waals surface area contributed by atoms with Gasteiger partial charge in [0.05, 0.1) is 0 Å². The topological polar surface area (TPSA) is 64.7 Å². The van der Waals surface area contributed by atoms with E-state index in [0.29, 0.717) is 23.7 Å². The van der Waals surface area contributed by atoms with Crippen LogP contribution in [-0.4, -0.2) is 62.0 Å². The van der Waals surface area contributed by atoms with Gasteiger partial charge in [0, 0.05) is 37.9 Å². The number of piperidine rings is 1. The number of nitrogens with zero attached hydrogens (tertiary/aromatic N) is 2. The van der Waals surface area contributed by atoms with E-state index < -0.39 is 0 Å². The fraction of sp³-hybridized carbons (Fsp3) is 0.579. The molecule has 0 aromatic heterocycles. The maximum Gasteiger partial charge on any atom is 0.321 e. The molecule has 0 unspecified atom stereocenters. The van der Waals surface area contributed by atoms with E-state index in [0.717, 1.165) is 26.1 Å². The summed E-state index contributed by atoms with van der Waals surface area (Å²) in [4.78, 5) is 28.3. The largest absolute Gasteiger partial charge is 0.352 e. The van der Waals surface area contributed by atoms with Crippen LogP contribution in [0.5, 0.6) is 0 Å². The lowest BCUT2D eigenvalue weighted by molar-refractivity contribution is 0.0953. The second kappa shape index (κ2) is 9.42. The molecule has 1 saturated heterocycles. The first-order chi connectivity index (χ1) is 12.0. The molecule has 138 valence electrons. The Kier molecular flexibility index (Phi) is 7.25. The van der Waals surface area contributed by atoms with Crippen LogP contribution < -0.4 is 10.6 Å². The van der Waals surface area contributed by atoms with Crippen molar-refractivity contribution in [2.24, 2.45) is 5.92 Å². The standard InChI is InChI=1S/C19H30N4O2/c1-4-11-20-18(24)16-7-9-17(10-8-16)21-19(25)23(3)14-15-6-5-12-22(2)13-15/h7-10,15H,4-6,11-14H2,1-3H3,(H,20,24)(H,21,25)/t15-/m1/s1. The number of likely N-dealkylation sites (tertiary alicyclic amines) is 1. The lowest BCUT2D eigenvalue weighted by Crippen LogP contribution is -2.41. The molecule has 1 aromatic rings. The lowest BCUT2D eigenvalue weighted by atomic mass is 9.98. The summed E-state index contributed by atoms with van der Waals surface area (Å²) in [5, 5.41) is 5.73. The highest BCUT2D eigenvalue weighted by molar-refractivity contribution is 5.95. The van der Waals surface area contributed by atoms with Gasteiger partial charge in [0.2, 0.25) is 0 Å². The molecule has 0 spiro atoms. The summed E-state index contributed by atoms with van der Waals surface area (Å²) in [5.41, 5.74) is 1.30. The van der Waals surface area contributed by atoms with Crippen molar-refractivity contribution in [3.05, 3.63) is 29.8 Å². The smallest absolute Gasteiger partial charge is 0.321 e. The number of anilines is 1. The maximum atomic E-state index is 12.3. The second-order valence-electron chi connectivity index (χ2n) is 6.91. The first kappa shape index (κ1) is 19.2. The normalized spacial score (nSPS) is 17.8. The van der Waals surface area contributed by atoms with Crippen LogP contribution in [0, 0.1) is 5.92 Å². The third kappa shape index (κ3) is 6.05. The van der Waals surface area contributed by atoms with Crippen LogP contribution in [0.4, 0.5) is 10.5 Å². The Morgan fingerprint density at radius 3 is 2.64 bits per heavy atom. The molecule has 3 amide bonds. The molecule has 1 aliphatic heterocycles. The van der Waals surface area contributed by atoms with Crippen LogP contribution in [0.1, 0.15) is 36.5 Å². The predicted molar refractivity (Wildman–Crippen MR) is 101 cm³/mol. The highest BCUT2D eigenvalue weighted by atomic mass is 16.2. The number of rotatable bonds is 6. The summed E-state index contributed by atoms with van der Waals surface area (Å²) >= 11 is 0. The van der Waals surface area contributed by atoms with Gasteiger partial charge < -0.3 is 20.4 Å². The van der Waals surface area contributed by atoms with Crippen LogP contribution in [0.15, 0.2) is 24.3 Å². The van der Waals surface area contributed by atoms with E-state index in [1.807, 2.05) is 14.0 Å². The van der Waals surface area contributed by atoms with Crippen LogP contribution in [0.25, 0.3) is 0 Å². The molecule has 1 atom stereocenters.